The molecule has 1 aliphatic carbocycles. The molecule has 0 bridgehead atoms. The van der Waals surface area contributed by atoms with Crippen molar-refractivity contribution < 1.29 is 0 Å². The molecule has 0 amide bonds. The summed E-state index contributed by atoms with van der Waals surface area (Å²) in [4.78, 5) is 2.88. The molecule has 2 fully saturated rings. The second-order valence-electron chi connectivity index (χ2n) is 7.71. The van der Waals surface area contributed by atoms with Crippen molar-refractivity contribution in [3.8, 4) is 0 Å². The summed E-state index contributed by atoms with van der Waals surface area (Å²) in [6, 6.07) is 1.77. The number of nitrogens with one attached hydrogen (secondary N) is 1. The molecule has 2 nitrogen and oxygen atoms in total. The Kier molecular flexibility index (Phi) is 5.30. The van der Waals surface area contributed by atoms with E-state index in [0.29, 0.717) is 0 Å². The molecule has 0 aromatic rings. The number of likely N-dealkylation sites (tertiary alicyclic amines) is 1. The third-order valence-electron chi connectivity index (χ3n) is 4.99. The molecular formula is C17H34N2. The average molecular weight is 266 g/mol. The molecule has 2 heteroatoms. The molecule has 0 radical (unpaired) electrons. The largest absolute Gasteiger partial charge is 0.312 e. The summed E-state index contributed by atoms with van der Waals surface area (Å²) >= 11 is 0. The second-order valence-corrected chi connectivity index (χ2v) is 7.71. The third kappa shape index (κ3) is 4.19. The van der Waals surface area contributed by atoms with E-state index in [-0.39, 0.29) is 5.54 Å². The van der Waals surface area contributed by atoms with Gasteiger partial charge >= 0.3 is 0 Å². The molecule has 2 rings (SSSR count). The Balaban J connectivity index is 1.85. The Morgan fingerprint density at radius 2 is 1.89 bits per heavy atom. The van der Waals surface area contributed by atoms with Crippen LogP contribution in [0.3, 0.4) is 0 Å². The van der Waals surface area contributed by atoms with Gasteiger partial charge in [-0.05, 0) is 71.9 Å². The molecule has 1 saturated carbocycles. The van der Waals surface area contributed by atoms with Gasteiger partial charge in [-0.2, -0.15) is 0 Å². The molecule has 3 unspecified atom stereocenters. The maximum absolute atomic E-state index is 3.71. The minimum absolute atomic E-state index is 0.269. The van der Waals surface area contributed by atoms with Crippen LogP contribution in [0.2, 0.25) is 0 Å². The number of nitrogens with zero attached hydrogens (tertiary/aromatic N) is 1. The standard InChI is InChI=1S/C17H34N2/c1-5-8-15-9-6-7-12-19(15)16-11-10-14(16)13-18-17(2,3)4/h14-16,18H,5-13H2,1-4H3. The Labute approximate surface area is 120 Å². The monoisotopic (exact) mass is 266 g/mol. The highest BCUT2D eigenvalue weighted by molar-refractivity contribution is 4.94. The summed E-state index contributed by atoms with van der Waals surface area (Å²) in [5.74, 6) is 0.900. The van der Waals surface area contributed by atoms with Crippen LogP contribution in [0.15, 0.2) is 0 Å². The molecule has 1 saturated heterocycles. The highest BCUT2D eigenvalue weighted by Gasteiger charge is 2.39. The van der Waals surface area contributed by atoms with Crippen molar-refractivity contribution in [3.05, 3.63) is 0 Å². The molecule has 112 valence electrons. The molecule has 1 aliphatic heterocycles. The number of rotatable bonds is 5. The summed E-state index contributed by atoms with van der Waals surface area (Å²) in [6.45, 7) is 11.8. The first-order chi connectivity index (χ1) is 9.01. The van der Waals surface area contributed by atoms with Crippen LogP contribution in [0.25, 0.3) is 0 Å². The van der Waals surface area contributed by atoms with E-state index in [1.165, 1.54) is 58.0 Å². The summed E-state index contributed by atoms with van der Waals surface area (Å²) in [6.07, 6.45) is 9.97. The van der Waals surface area contributed by atoms with Crippen molar-refractivity contribution in [2.75, 3.05) is 13.1 Å². The lowest BCUT2D eigenvalue weighted by Gasteiger charge is -2.50. The lowest BCUT2D eigenvalue weighted by atomic mass is 9.76. The summed E-state index contributed by atoms with van der Waals surface area (Å²) in [5, 5.41) is 3.71. The molecule has 3 atom stereocenters. The van der Waals surface area contributed by atoms with Crippen molar-refractivity contribution in [3.63, 3.8) is 0 Å². The van der Waals surface area contributed by atoms with Crippen LogP contribution in [0.1, 0.15) is 72.6 Å². The van der Waals surface area contributed by atoms with Crippen LogP contribution in [0.4, 0.5) is 0 Å². The molecule has 1 heterocycles. The highest BCUT2D eigenvalue weighted by Crippen LogP contribution is 2.36. The normalized spacial score (nSPS) is 33.2. The van der Waals surface area contributed by atoms with Crippen LogP contribution in [-0.2, 0) is 0 Å². The predicted molar refractivity (Wildman–Crippen MR) is 83.5 cm³/mol. The summed E-state index contributed by atoms with van der Waals surface area (Å²) in [5.41, 5.74) is 0.269. The van der Waals surface area contributed by atoms with E-state index in [4.69, 9.17) is 0 Å². The second kappa shape index (κ2) is 6.58. The van der Waals surface area contributed by atoms with Gasteiger partial charge in [0.25, 0.3) is 0 Å². The lowest BCUT2D eigenvalue weighted by molar-refractivity contribution is 0.00246. The zero-order valence-electron chi connectivity index (χ0n) is 13.5. The third-order valence-corrected chi connectivity index (χ3v) is 4.99. The Bertz CT molecular complexity index is 267. The Morgan fingerprint density at radius 3 is 2.47 bits per heavy atom. The van der Waals surface area contributed by atoms with E-state index in [2.05, 4.69) is 37.9 Å². The first-order valence-electron chi connectivity index (χ1n) is 8.52. The fourth-order valence-electron chi connectivity index (χ4n) is 3.77. The van der Waals surface area contributed by atoms with Gasteiger partial charge in [0, 0.05) is 17.6 Å². The van der Waals surface area contributed by atoms with Crippen LogP contribution in [-0.4, -0.2) is 35.6 Å². The molecule has 0 aromatic heterocycles. The summed E-state index contributed by atoms with van der Waals surface area (Å²) < 4.78 is 0. The van der Waals surface area contributed by atoms with E-state index < -0.39 is 0 Å². The van der Waals surface area contributed by atoms with E-state index in [9.17, 15) is 0 Å². The van der Waals surface area contributed by atoms with Gasteiger partial charge in [0.1, 0.15) is 0 Å². The van der Waals surface area contributed by atoms with E-state index in [1.807, 2.05) is 0 Å². The van der Waals surface area contributed by atoms with Crippen molar-refractivity contribution in [2.24, 2.45) is 5.92 Å². The molecular weight excluding hydrogens is 232 g/mol. The van der Waals surface area contributed by atoms with Gasteiger partial charge in [-0.1, -0.05) is 19.8 Å². The zero-order valence-corrected chi connectivity index (χ0v) is 13.5. The summed E-state index contributed by atoms with van der Waals surface area (Å²) in [7, 11) is 0. The Morgan fingerprint density at radius 1 is 1.11 bits per heavy atom. The molecule has 0 aromatic carbocycles. The van der Waals surface area contributed by atoms with Crippen molar-refractivity contribution >= 4 is 0 Å². The van der Waals surface area contributed by atoms with Crippen LogP contribution >= 0.6 is 0 Å². The lowest BCUT2D eigenvalue weighted by Crippen LogP contribution is -2.56. The maximum atomic E-state index is 3.71. The SMILES string of the molecule is CCCC1CCCCN1C1CCC1CNC(C)(C)C. The molecule has 0 spiro atoms. The topological polar surface area (TPSA) is 15.3 Å². The van der Waals surface area contributed by atoms with E-state index >= 15 is 0 Å². The number of hydrogen-bond acceptors (Lipinski definition) is 2. The highest BCUT2D eigenvalue weighted by atomic mass is 15.2. The van der Waals surface area contributed by atoms with Gasteiger partial charge in [-0.3, -0.25) is 4.90 Å². The molecule has 19 heavy (non-hydrogen) atoms. The number of piperidine rings is 1. The fourth-order valence-corrected chi connectivity index (χ4v) is 3.77. The van der Waals surface area contributed by atoms with Crippen molar-refractivity contribution in [1.29, 1.82) is 0 Å². The predicted octanol–water partition coefficient (Wildman–Crippen LogP) is 3.81. The van der Waals surface area contributed by atoms with Gasteiger partial charge in [0.15, 0.2) is 0 Å². The maximum Gasteiger partial charge on any atom is 0.0139 e. The van der Waals surface area contributed by atoms with Crippen LogP contribution < -0.4 is 5.32 Å². The fraction of sp³-hybridized carbons (Fsp3) is 1.00. The van der Waals surface area contributed by atoms with Crippen molar-refractivity contribution in [1.82, 2.24) is 10.2 Å². The van der Waals surface area contributed by atoms with Gasteiger partial charge < -0.3 is 5.32 Å². The van der Waals surface area contributed by atoms with E-state index in [0.717, 1.165) is 18.0 Å². The first-order valence-corrected chi connectivity index (χ1v) is 8.52. The molecule has 1 N–H and O–H groups in total. The van der Waals surface area contributed by atoms with Gasteiger partial charge in [0.05, 0.1) is 0 Å². The number of hydrogen-bond donors (Lipinski definition) is 1. The van der Waals surface area contributed by atoms with Gasteiger partial charge in [0.2, 0.25) is 0 Å². The van der Waals surface area contributed by atoms with Crippen LogP contribution in [0.5, 0.6) is 0 Å². The first kappa shape index (κ1) is 15.3. The Hall–Kier alpha value is -0.0800. The zero-order chi connectivity index (χ0) is 13.9. The minimum atomic E-state index is 0.269. The van der Waals surface area contributed by atoms with E-state index in [1.54, 1.807) is 0 Å². The minimum Gasteiger partial charge on any atom is -0.312 e. The molecule has 2 aliphatic rings. The smallest absolute Gasteiger partial charge is 0.0139 e. The van der Waals surface area contributed by atoms with Gasteiger partial charge in [-0.25, -0.2) is 0 Å². The average Bonchev–Trinajstić information content (AvgIpc) is 2.29. The quantitative estimate of drug-likeness (QED) is 0.814. The van der Waals surface area contributed by atoms with Crippen molar-refractivity contribution in [2.45, 2.75) is 90.3 Å². The van der Waals surface area contributed by atoms with Crippen LogP contribution in [0, 0.1) is 5.92 Å². The van der Waals surface area contributed by atoms with Gasteiger partial charge in [-0.15, -0.1) is 0 Å².